The van der Waals surface area contributed by atoms with Crippen LogP contribution in [0.4, 0.5) is 0 Å². The summed E-state index contributed by atoms with van der Waals surface area (Å²) < 4.78 is 15.7. The molecule has 9 nitrogen and oxygen atoms in total. The molecule has 156 valence electrons. The van der Waals surface area contributed by atoms with Gasteiger partial charge >= 0.3 is 0 Å². The van der Waals surface area contributed by atoms with Gasteiger partial charge in [0, 0.05) is 19.1 Å². The number of ether oxygens (including phenoxy) is 3. The quantitative estimate of drug-likeness (QED) is 0.193. The fourth-order valence-electron chi connectivity index (χ4n) is 2.46. The van der Waals surface area contributed by atoms with E-state index in [0.29, 0.717) is 17.1 Å². The van der Waals surface area contributed by atoms with Crippen LogP contribution in [0.25, 0.3) is 0 Å². The highest BCUT2D eigenvalue weighted by atomic mass is 16.7. The first-order chi connectivity index (χ1) is 14.0. The molecule has 0 spiro atoms. The monoisotopic (exact) mass is 404 g/mol. The van der Waals surface area contributed by atoms with E-state index in [1.54, 1.807) is 24.3 Å². The molecule has 0 saturated carbocycles. The number of para-hydroxylation sites is 1. The molecule has 9 heteroatoms. The number of carbonyl (C=O) groups excluding carboxylic acids is 2. The van der Waals surface area contributed by atoms with Crippen molar-refractivity contribution in [3.63, 3.8) is 0 Å². The van der Waals surface area contributed by atoms with Crippen molar-refractivity contribution in [2.45, 2.75) is 18.6 Å². The van der Waals surface area contributed by atoms with Crippen molar-refractivity contribution in [2.75, 3.05) is 20.5 Å². The Bertz CT molecular complexity index is 768. The minimum absolute atomic E-state index is 0.00451. The Balaban J connectivity index is 1.98. The fourth-order valence-corrected chi connectivity index (χ4v) is 2.46. The molecular weight excluding hydrogens is 380 g/mol. The van der Waals surface area contributed by atoms with Crippen LogP contribution in [-0.4, -0.2) is 54.8 Å². The van der Waals surface area contributed by atoms with Gasteiger partial charge in [0.1, 0.15) is 24.4 Å². The smallest absolute Gasteiger partial charge is 0.272 e. The minimum atomic E-state index is -1.52. The molecular formula is C20H24N2O7. The predicted molar refractivity (Wildman–Crippen MR) is 103 cm³/mol. The third kappa shape index (κ3) is 7.51. The van der Waals surface area contributed by atoms with Gasteiger partial charge in [-0.3, -0.25) is 14.8 Å². The fraction of sp³-hybridized carbons (Fsp3) is 0.300. The lowest BCUT2D eigenvalue weighted by molar-refractivity contribution is -0.138. The lowest BCUT2D eigenvalue weighted by Gasteiger charge is -2.21. The molecule has 2 atom stereocenters. The van der Waals surface area contributed by atoms with E-state index in [1.165, 1.54) is 12.6 Å². The summed E-state index contributed by atoms with van der Waals surface area (Å²) >= 11 is 0. The molecule has 2 aromatic carbocycles. The Morgan fingerprint density at radius 1 is 1.03 bits per heavy atom. The third-order valence-electron chi connectivity index (χ3n) is 3.87. The highest BCUT2D eigenvalue weighted by molar-refractivity contribution is 5.94. The predicted octanol–water partition coefficient (Wildman–Crippen LogP) is 1.45. The maximum atomic E-state index is 12.5. The van der Waals surface area contributed by atoms with Crippen molar-refractivity contribution in [3.8, 4) is 11.5 Å². The molecule has 0 saturated heterocycles. The molecule has 2 aromatic rings. The van der Waals surface area contributed by atoms with Gasteiger partial charge in [-0.25, -0.2) is 5.48 Å². The van der Waals surface area contributed by atoms with Gasteiger partial charge in [-0.2, -0.15) is 0 Å². The zero-order valence-corrected chi connectivity index (χ0v) is 15.9. The van der Waals surface area contributed by atoms with Gasteiger partial charge in [-0.1, -0.05) is 18.2 Å². The van der Waals surface area contributed by atoms with Crippen LogP contribution in [0.5, 0.6) is 11.5 Å². The Hall–Kier alpha value is -2.98. The van der Waals surface area contributed by atoms with E-state index in [-0.39, 0.29) is 19.8 Å². The normalized spacial score (nSPS) is 12.7. The number of nitrogens with one attached hydrogen (secondary N) is 2. The van der Waals surface area contributed by atoms with Crippen molar-refractivity contribution in [3.05, 3.63) is 60.2 Å². The minimum Gasteiger partial charge on any atom is -0.457 e. The lowest BCUT2D eigenvalue weighted by atomic mass is 10.1. The number of rotatable bonds is 11. The SMILES string of the molecule is COCOCC(CC(O)C(=O)NO)NC(=O)c1ccc(Oc2ccccc2)cc1. The Morgan fingerprint density at radius 3 is 2.31 bits per heavy atom. The number of amides is 2. The number of benzene rings is 2. The Labute approximate surface area is 168 Å². The molecule has 2 amide bonds. The summed E-state index contributed by atoms with van der Waals surface area (Å²) in [6, 6.07) is 15.0. The van der Waals surface area contributed by atoms with Crippen LogP contribution in [0, 0.1) is 0 Å². The van der Waals surface area contributed by atoms with Crippen molar-refractivity contribution in [1.29, 1.82) is 0 Å². The largest absolute Gasteiger partial charge is 0.457 e. The maximum absolute atomic E-state index is 12.5. The lowest BCUT2D eigenvalue weighted by Crippen LogP contribution is -2.44. The van der Waals surface area contributed by atoms with Gasteiger partial charge < -0.3 is 24.6 Å². The summed E-state index contributed by atoms with van der Waals surface area (Å²) in [6.45, 7) is -0.00919. The first kappa shape index (κ1) is 22.3. The third-order valence-corrected chi connectivity index (χ3v) is 3.87. The average Bonchev–Trinajstić information content (AvgIpc) is 2.74. The first-order valence-corrected chi connectivity index (χ1v) is 8.86. The van der Waals surface area contributed by atoms with Crippen molar-refractivity contribution >= 4 is 11.8 Å². The number of carbonyl (C=O) groups is 2. The number of methoxy groups -OCH3 is 1. The van der Waals surface area contributed by atoms with Gasteiger partial charge in [0.05, 0.1) is 12.6 Å². The summed E-state index contributed by atoms with van der Waals surface area (Å²) in [5, 5.41) is 21.1. The molecule has 0 radical (unpaired) electrons. The molecule has 0 fully saturated rings. The highest BCUT2D eigenvalue weighted by Gasteiger charge is 2.22. The van der Waals surface area contributed by atoms with Gasteiger partial charge in [0.15, 0.2) is 0 Å². The summed E-state index contributed by atoms with van der Waals surface area (Å²) in [7, 11) is 1.45. The second-order valence-electron chi connectivity index (χ2n) is 6.11. The maximum Gasteiger partial charge on any atom is 0.272 e. The van der Waals surface area contributed by atoms with Gasteiger partial charge in [-0.15, -0.1) is 0 Å². The van der Waals surface area contributed by atoms with E-state index >= 15 is 0 Å². The van der Waals surface area contributed by atoms with E-state index in [1.807, 2.05) is 30.3 Å². The van der Waals surface area contributed by atoms with Crippen LogP contribution in [0.15, 0.2) is 54.6 Å². The number of hydrogen-bond donors (Lipinski definition) is 4. The van der Waals surface area contributed by atoms with Crippen LogP contribution in [-0.2, 0) is 14.3 Å². The molecule has 0 aliphatic rings. The van der Waals surface area contributed by atoms with E-state index in [4.69, 9.17) is 19.4 Å². The molecule has 0 aliphatic carbocycles. The summed E-state index contributed by atoms with van der Waals surface area (Å²) in [4.78, 5) is 23.8. The topological polar surface area (TPSA) is 126 Å². The Morgan fingerprint density at radius 2 is 1.69 bits per heavy atom. The molecule has 0 bridgehead atoms. The number of aliphatic hydroxyl groups excluding tert-OH is 1. The molecule has 29 heavy (non-hydrogen) atoms. The zero-order chi connectivity index (χ0) is 21.1. The zero-order valence-electron chi connectivity index (χ0n) is 15.9. The summed E-state index contributed by atoms with van der Waals surface area (Å²) in [6.07, 6.45) is -1.67. The highest BCUT2D eigenvalue weighted by Crippen LogP contribution is 2.21. The van der Waals surface area contributed by atoms with Crippen LogP contribution >= 0.6 is 0 Å². The number of hydroxylamine groups is 1. The van der Waals surface area contributed by atoms with Gasteiger partial charge in [0.2, 0.25) is 0 Å². The van der Waals surface area contributed by atoms with E-state index in [2.05, 4.69) is 5.32 Å². The standard InChI is InChI=1S/C20H24N2O7/c1-27-13-28-12-15(11-18(23)20(25)22-26)21-19(24)14-7-9-17(10-8-14)29-16-5-3-2-4-6-16/h2-10,15,18,23,26H,11-13H2,1H3,(H,21,24)(H,22,25). The van der Waals surface area contributed by atoms with Crippen molar-refractivity contribution in [2.24, 2.45) is 0 Å². The van der Waals surface area contributed by atoms with Crippen LogP contribution in [0.1, 0.15) is 16.8 Å². The molecule has 2 rings (SSSR count). The molecule has 4 N–H and O–H groups in total. The van der Waals surface area contributed by atoms with Crippen molar-refractivity contribution < 1.29 is 34.1 Å². The average molecular weight is 404 g/mol. The Kier molecular flexibility index (Phi) is 9.06. The van der Waals surface area contributed by atoms with Gasteiger partial charge in [-0.05, 0) is 36.4 Å². The van der Waals surface area contributed by atoms with Crippen LogP contribution in [0.3, 0.4) is 0 Å². The van der Waals surface area contributed by atoms with E-state index < -0.39 is 24.0 Å². The van der Waals surface area contributed by atoms with Crippen LogP contribution in [0.2, 0.25) is 0 Å². The number of aliphatic hydroxyl groups is 1. The summed E-state index contributed by atoms with van der Waals surface area (Å²) in [5.41, 5.74) is 1.73. The summed E-state index contributed by atoms with van der Waals surface area (Å²) in [5.74, 6) is -0.142. The molecule has 0 aromatic heterocycles. The second kappa shape index (κ2) is 11.8. The second-order valence-corrected chi connectivity index (χ2v) is 6.11. The van der Waals surface area contributed by atoms with E-state index in [0.717, 1.165) is 0 Å². The van der Waals surface area contributed by atoms with Crippen molar-refractivity contribution in [1.82, 2.24) is 10.8 Å². The van der Waals surface area contributed by atoms with E-state index in [9.17, 15) is 14.7 Å². The van der Waals surface area contributed by atoms with Crippen LogP contribution < -0.4 is 15.5 Å². The molecule has 2 unspecified atom stereocenters. The van der Waals surface area contributed by atoms with Gasteiger partial charge in [0.25, 0.3) is 11.8 Å². The molecule has 0 aliphatic heterocycles. The number of hydrogen-bond acceptors (Lipinski definition) is 7. The first-order valence-electron chi connectivity index (χ1n) is 8.86. The molecule has 0 heterocycles.